The van der Waals surface area contributed by atoms with E-state index in [1.807, 2.05) is 12.1 Å². The van der Waals surface area contributed by atoms with E-state index in [1.165, 1.54) is 6.33 Å². The maximum atomic E-state index is 10.3. The number of hydrogen-bond acceptors (Lipinski definition) is 8. The van der Waals surface area contributed by atoms with Crippen molar-refractivity contribution in [1.82, 2.24) is 19.5 Å². The first-order valence-electron chi connectivity index (χ1n) is 7.88. The normalized spacial score (nSPS) is 25.8. The van der Waals surface area contributed by atoms with Crippen molar-refractivity contribution in [3.63, 3.8) is 0 Å². The van der Waals surface area contributed by atoms with Gasteiger partial charge in [0, 0.05) is 10.6 Å². The Labute approximate surface area is 159 Å². The number of ether oxygens (including phenoxy) is 1. The topological polar surface area (TPSA) is 119 Å². The Morgan fingerprint density at radius 2 is 2.00 bits per heavy atom. The Hall–Kier alpha value is -1.91. The Bertz CT molecular complexity index is 951. The number of imidazole rings is 1. The molecule has 1 aliphatic rings. The first-order chi connectivity index (χ1) is 12.5. The van der Waals surface area contributed by atoms with E-state index in [9.17, 15) is 10.2 Å². The number of aromatic nitrogens is 4. The lowest BCUT2D eigenvalue weighted by Gasteiger charge is -2.19. The minimum atomic E-state index is -0.942. The van der Waals surface area contributed by atoms with Crippen LogP contribution in [0.4, 0.5) is 5.82 Å². The van der Waals surface area contributed by atoms with Crippen LogP contribution >= 0.6 is 24.2 Å². The predicted molar refractivity (Wildman–Crippen MR) is 100.0 cm³/mol. The van der Waals surface area contributed by atoms with Crippen LogP contribution in [0, 0.1) is 0 Å². The molecule has 0 unspecified atom stereocenters. The van der Waals surface area contributed by atoms with Crippen LogP contribution < -0.4 is 5.73 Å². The summed E-state index contributed by atoms with van der Waals surface area (Å²) in [5, 5.41) is 19.7. The molecule has 26 heavy (non-hydrogen) atoms. The van der Waals surface area contributed by atoms with Crippen LogP contribution in [0.1, 0.15) is 6.23 Å². The van der Waals surface area contributed by atoms with Gasteiger partial charge in [-0.1, -0.05) is 11.6 Å². The van der Waals surface area contributed by atoms with E-state index in [1.54, 1.807) is 16.7 Å². The number of fused-ring (bicyclic) bond motifs is 1. The largest absolute Gasteiger partial charge is 0.394 e. The standard InChI is InChI=1S/C16H16ClN5O3S/c17-8-3-1-7(2-4-8)14-21-10-13(18)19-6-20-15(10)22(14)16-12(26)11(24)9(5-23)25-16/h1-4,6,9,11-12,16,23-24,26H,5H2,(H2,18,19,20)/t9-,11-,12-,16-/m1/s1. The molecule has 0 spiro atoms. The van der Waals surface area contributed by atoms with Crippen molar-refractivity contribution in [1.29, 1.82) is 0 Å². The third-order valence-electron chi connectivity index (χ3n) is 4.38. The molecule has 1 aromatic carbocycles. The number of hydrogen-bond donors (Lipinski definition) is 4. The van der Waals surface area contributed by atoms with Crippen LogP contribution in [-0.2, 0) is 4.74 Å². The molecular weight excluding hydrogens is 378 g/mol. The van der Waals surface area contributed by atoms with Gasteiger partial charge in [-0.25, -0.2) is 15.0 Å². The summed E-state index contributed by atoms with van der Waals surface area (Å²) in [6, 6.07) is 7.11. The van der Waals surface area contributed by atoms with E-state index in [2.05, 4.69) is 27.6 Å². The second kappa shape index (κ2) is 6.67. The minimum Gasteiger partial charge on any atom is -0.394 e. The fourth-order valence-electron chi connectivity index (χ4n) is 3.06. The van der Waals surface area contributed by atoms with Crippen molar-refractivity contribution < 1.29 is 14.9 Å². The summed E-state index contributed by atoms with van der Waals surface area (Å²) in [5.74, 6) is 0.760. The second-order valence-corrected chi connectivity index (χ2v) is 7.01. The lowest BCUT2D eigenvalue weighted by atomic mass is 10.1. The van der Waals surface area contributed by atoms with Gasteiger partial charge in [0.15, 0.2) is 23.2 Å². The van der Waals surface area contributed by atoms with Crippen LogP contribution in [0.2, 0.25) is 5.02 Å². The zero-order chi connectivity index (χ0) is 18.4. The minimum absolute atomic E-state index is 0.233. The molecule has 3 aromatic rings. The number of benzene rings is 1. The fourth-order valence-corrected chi connectivity index (χ4v) is 3.58. The lowest BCUT2D eigenvalue weighted by Crippen LogP contribution is -2.30. The smallest absolute Gasteiger partial charge is 0.168 e. The van der Waals surface area contributed by atoms with Crippen LogP contribution in [0.5, 0.6) is 0 Å². The van der Waals surface area contributed by atoms with Gasteiger partial charge in [0.05, 0.1) is 18.0 Å². The fraction of sp³-hybridized carbons (Fsp3) is 0.312. The summed E-state index contributed by atoms with van der Waals surface area (Å²) in [6.07, 6.45) is -1.06. The first-order valence-corrected chi connectivity index (χ1v) is 8.77. The molecule has 0 radical (unpaired) electrons. The van der Waals surface area contributed by atoms with E-state index in [0.717, 1.165) is 5.56 Å². The van der Waals surface area contributed by atoms with Gasteiger partial charge >= 0.3 is 0 Å². The van der Waals surface area contributed by atoms with E-state index >= 15 is 0 Å². The number of nitrogen functional groups attached to an aromatic ring is 1. The zero-order valence-corrected chi connectivity index (χ0v) is 15.0. The van der Waals surface area contributed by atoms with Gasteiger partial charge < -0.3 is 20.7 Å². The molecule has 3 heterocycles. The van der Waals surface area contributed by atoms with Gasteiger partial charge in [-0.05, 0) is 24.3 Å². The van der Waals surface area contributed by atoms with Crippen LogP contribution in [0.3, 0.4) is 0 Å². The van der Waals surface area contributed by atoms with Crippen LogP contribution in [0.25, 0.3) is 22.6 Å². The highest BCUT2D eigenvalue weighted by molar-refractivity contribution is 7.81. The number of anilines is 1. The van der Waals surface area contributed by atoms with Crippen molar-refractivity contribution in [2.24, 2.45) is 0 Å². The highest BCUT2D eigenvalue weighted by Gasteiger charge is 2.44. The first kappa shape index (κ1) is 17.5. The molecule has 1 saturated heterocycles. The van der Waals surface area contributed by atoms with Crippen LogP contribution in [0.15, 0.2) is 30.6 Å². The third-order valence-corrected chi connectivity index (χ3v) is 5.19. The summed E-state index contributed by atoms with van der Waals surface area (Å²) < 4.78 is 7.55. The summed E-state index contributed by atoms with van der Waals surface area (Å²) in [6.45, 7) is -0.325. The van der Waals surface area contributed by atoms with Crippen LogP contribution in [-0.4, -0.2) is 53.8 Å². The van der Waals surface area contributed by atoms with Crippen molar-refractivity contribution in [2.45, 2.75) is 23.7 Å². The molecule has 0 amide bonds. The third kappa shape index (κ3) is 2.72. The number of halogens is 1. The molecule has 4 rings (SSSR count). The molecule has 0 bridgehead atoms. The molecule has 10 heteroatoms. The van der Waals surface area contributed by atoms with Gasteiger partial charge in [0.2, 0.25) is 0 Å². The molecule has 0 saturated carbocycles. The van der Waals surface area contributed by atoms with Crippen molar-refractivity contribution >= 4 is 41.2 Å². The van der Waals surface area contributed by atoms with E-state index in [4.69, 9.17) is 22.1 Å². The molecule has 136 valence electrons. The van der Waals surface area contributed by atoms with Gasteiger partial charge in [0.25, 0.3) is 0 Å². The number of nitrogens with zero attached hydrogens (tertiary/aromatic N) is 4. The molecule has 4 N–H and O–H groups in total. The SMILES string of the molecule is Nc1ncnc2c1nc(-c1ccc(Cl)cc1)n2[C@@H]1O[C@H](CO)[C@@H](O)[C@H]1S. The number of nitrogens with two attached hydrogens (primary N) is 1. The Kier molecular flexibility index (Phi) is 4.49. The number of thiol groups is 1. The molecule has 1 fully saturated rings. The second-order valence-electron chi connectivity index (χ2n) is 5.97. The van der Waals surface area contributed by atoms with E-state index in [0.29, 0.717) is 22.0 Å². The monoisotopic (exact) mass is 393 g/mol. The quantitative estimate of drug-likeness (QED) is 0.495. The lowest BCUT2D eigenvalue weighted by molar-refractivity contribution is -0.0425. The predicted octanol–water partition coefficient (Wildman–Crippen LogP) is 1.28. The van der Waals surface area contributed by atoms with Gasteiger partial charge in [-0.2, -0.15) is 12.6 Å². The zero-order valence-electron chi connectivity index (χ0n) is 13.4. The van der Waals surface area contributed by atoms with Gasteiger partial charge in [0.1, 0.15) is 18.3 Å². The molecule has 1 aliphatic heterocycles. The van der Waals surface area contributed by atoms with Crippen molar-refractivity contribution in [2.75, 3.05) is 12.3 Å². The Morgan fingerprint density at radius 1 is 1.27 bits per heavy atom. The summed E-state index contributed by atoms with van der Waals surface area (Å²) in [4.78, 5) is 12.8. The number of aliphatic hydroxyl groups is 2. The molecule has 4 atom stereocenters. The van der Waals surface area contributed by atoms with Gasteiger partial charge in [-0.3, -0.25) is 4.57 Å². The molecular formula is C16H16ClN5O3S. The Balaban J connectivity index is 1.93. The van der Waals surface area contributed by atoms with E-state index < -0.39 is 23.7 Å². The van der Waals surface area contributed by atoms with Gasteiger partial charge in [-0.15, -0.1) is 0 Å². The van der Waals surface area contributed by atoms with Crippen molar-refractivity contribution in [3.8, 4) is 11.4 Å². The average Bonchev–Trinajstić information content (AvgIpc) is 3.15. The van der Waals surface area contributed by atoms with E-state index in [-0.39, 0.29) is 12.4 Å². The summed E-state index contributed by atoms with van der Waals surface area (Å²) in [5.41, 5.74) is 7.60. The highest BCUT2D eigenvalue weighted by Crippen LogP contribution is 2.38. The van der Waals surface area contributed by atoms with Crippen molar-refractivity contribution in [3.05, 3.63) is 35.6 Å². The molecule has 2 aromatic heterocycles. The summed E-state index contributed by atoms with van der Waals surface area (Å²) >= 11 is 10.5. The Morgan fingerprint density at radius 3 is 2.65 bits per heavy atom. The number of aliphatic hydroxyl groups excluding tert-OH is 2. The average molecular weight is 394 g/mol. The molecule has 0 aliphatic carbocycles. The maximum Gasteiger partial charge on any atom is 0.168 e. The number of rotatable bonds is 3. The summed E-state index contributed by atoms with van der Waals surface area (Å²) in [7, 11) is 0. The highest BCUT2D eigenvalue weighted by atomic mass is 35.5. The molecule has 8 nitrogen and oxygen atoms in total. The maximum absolute atomic E-state index is 10.3.